The molecule has 6 heteroatoms. The van der Waals surface area contributed by atoms with Gasteiger partial charge in [-0.2, -0.15) is 4.98 Å². The predicted molar refractivity (Wildman–Crippen MR) is 61.0 cm³/mol. The summed E-state index contributed by atoms with van der Waals surface area (Å²) in [5, 5.41) is 3.92. The fraction of sp³-hybridized carbons (Fsp3) is 0.727. The topological polar surface area (TPSA) is 68.5 Å². The van der Waals surface area contributed by atoms with Crippen LogP contribution in [0, 0.1) is 0 Å². The van der Waals surface area contributed by atoms with Crippen molar-refractivity contribution in [3.8, 4) is 0 Å². The van der Waals surface area contributed by atoms with Gasteiger partial charge in [0.25, 0.3) is 5.95 Å². The lowest BCUT2D eigenvalue weighted by Gasteiger charge is -2.24. The Labute approximate surface area is 99.9 Å². The van der Waals surface area contributed by atoms with E-state index in [9.17, 15) is 4.79 Å². The van der Waals surface area contributed by atoms with E-state index in [1.807, 2.05) is 11.8 Å². The van der Waals surface area contributed by atoms with E-state index in [0.717, 1.165) is 13.1 Å². The summed E-state index contributed by atoms with van der Waals surface area (Å²) < 4.78 is 10.4. The molecule has 1 aliphatic rings. The standard InChI is InChI=1S/C11H17N3O3/c1-3-9(8(2)15)10-12-11(13-17-10)14-4-6-16-7-5-14/h9H,3-7H2,1-2H3. The van der Waals surface area contributed by atoms with Crippen LogP contribution in [0.1, 0.15) is 32.1 Å². The molecule has 1 unspecified atom stereocenters. The summed E-state index contributed by atoms with van der Waals surface area (Å²) in [6.45, 7) is 6.35. The van der Waals surface area contributed by atoms with Crippen LogP contribution in [0.4, 0.5) is 5.95 Å². The highest BCUT2D eigenvalue weighted by Crippen LogP contribution is 2.21. The highest BCUT2D eigenvalue weighted by Gasteiger charge is 2.24. The van der Waals surface area contributed by atoms with Crippen molar-refractivity contribution in [1.82, 2.24) is 10.1 Å². The average molecular weight is 239 g/mol. The van der Waals surface area contributed by atoms with Gasteiger partial charge in [-0.05, 0) is 18.5 Å². The summed E-state index contributed by atoms with van der Waals surface area (Å²) in [4.78, 5) is 17.7. The molecular formula is C11H17N3O3. The van der Waals surface area contributed by atoms with Crippen molar-refractivity contribution < 1.29 is 14.1 Å². The van der Waals surface area contributed by atoms with E-state index in [2.05, 4.69) is 10.1 Å². The quantitative estimate of drug-likeness (QED) is 0.780. The number of rotatable bonds is 4. The molecule has 1 atom stereocenters. The van der Waals surface area contributed by atoms with Crippen LogP contribution in [0.25, 0.3) is 0 Å². The molecule has 0 aliphatic carbocycles. The Morgan fingerprint density at radius 1 is 1.47 bits per heavy atom. The molecule has 0 saturated carbocycles. The fourth-order valence-corrected chi connectivity index (χ4v) is 1.90. The van der Waals surface area contributed by atoms with Crippen LogP contribution >= 0.6 is 0 Å². The minimum atomic E-state index is -0.280. The lowest BCUT2D eigenvalue weighted by molar-refractivity contribution is -0.119. The first-order valence-electron chi connectivity index (χ1n) is 5.89. The van der Waals surface area contributed by atoms with Gasteiger partial charge in [0.15, 0.2) is 0 Å². The molecule has 0 radical (unpaired) electrons. The van der Waals surface area contributed by atoms with Gasteiger partial charge in [-0.25, -0.2) is 0 Å². The fourth-order valence-electron chi connectivity index (χ4n) is 1.90. The van der Waals surface area contributed by atoms with E-state index < -0.39 is 0 Å². The second kappa shape index (κ2) is 5.27. The lowest BCUT2D eigenvalue weighted by Crippen LogP contribution is -2.36. The SMILES string of the molecule is CCC(C(C)=O)c1nc(N2CCOCC2)no1. The Morgan fingerprint density at radius 2 is 2.18 bits per heavy atom. The summed E-state index contributed by atoms with van der Waals surface area (Å²) in [6.07, 6.45) is 0.681. The Hall–Kier alpha value is -1.43. The van der Waals surface area contributed by atoms with Gasteiger partial charge in [0, 0.05) is 13.1 Å². The molecule has 1 aliphatic heterocycles. The zero-order valence-corrected chi connectivity index (χ0v) is 10.2. The Bertz CT molecular complexity index is 385. The molecule has 1 fully saturated rings. The summed E-state index contributed by atoms with van der Waals surface area (Å²) in [5.41, 5.74) is 0. The molecule has 17 heavy (non-hydrogen) atoms. The smallest absolute Gasteiger partial charge is 0.266 e. The van der Waals surface area contributed by atoms with Gasteiger partial charge < -0.3 is 14.2 Å². The van der Waals surface area contributed by atoms with E-state index in [4.69, 9.17) is 9.26 Å². The average Bonchev–Trinajstić information content (AvgIpc) is 2.80. The van der Waals surface area contributed by atoms with Gasteiger partial charge in [0.1, 0.15) is 5.78 Å². The van der Waals surface area contributed by atoms with Gasteiger partial charge in [0.05, 0.1) is 19.1 Å². The number of hydrogen-bond donors (Lipinski definition) is 0. The molecule has 0 spiro atoms. The first kappa shape index (κ1) is 12.0. The van der Waals surface area contributed by atoms with Gasteiger partial charge >= 0.3 is 0 Å². The maximum atomic E-state index is 11.4. The van der Waals surface area contributed by atoms with Crippen LogP contribution in [-0.2, 0) is 9.53 Å². The summed E-state index contributed by atoms with van der Waals surface area (Å²) in [6, 6.07) is 0. The number of nitrogens with zero attached hydrogens (tertiary/aromatic N) is 3. The monoisotopic (exact) mass is 239 g/mol. The zero-order valence-electron chi connectivity index (χ0n) is 10.2. The van der Waals surface area contributed by atoms with Crippen molar-refractivity contribution in [1.29, 1.82) is 0 Å². The zero-order chi connectivity index (χ0) is 12.3. The van der Waals surface area contributed by atoms with Gasteiger partial charge in [-0.1, -0.05) is 6.92 Å². The van der Waals surface area contributed by atoms with Crippen molar-refractivity contribution in [2.45, 2.75) is 26.2 Å². The molecule has 2 rings (SSSR count). The predicted octanol–water partition coefficient (Wildman–Crippen LogP) is 0.989. The van der Waals surface area contributed by atoms with E-state index in [1.165, 1.54) is 0 Å². The highest BCUT2D eigenvalue weighted by molar-refractivity contribution is 5.82. The summed E-state index contributed by atoms with van der Waals surface area (Å²) in [7, 11) is 0. The number of ketones is 1. The lowest BCUT2D eigenvalue weighted by atomic mass is 10.0. The first-order valence-corrected chi connectivity index (χ1v) is 5.89. The Kier molecular flexibility index (Phi) is 3.73. The number of ether oxygens (including phenoxy) is 1. The third-order valence-electron chi connectivity index (χ3n) is 2.92. The summed E-state index contributed by atoms with van der Waals surface area (Å²) >= 11 is 0. The Morgan fingerprint density at radius 3 is 2.76 bits per heavy atom. The second-order valence-corrected chi connectivity index (χ2v) is 4.10. The van der Waals surface area contributed by atoms with Crippen LogP contribution < -0.4 is 4.90 Å². The van der Waals surface area contributed by atoms with E-state index in [-0.39, 0.29) is 11.7 Å². The van der Waals surface area contributed by atoms with Crippen LogP contribution in [0.3, 0.4) is 0 Å². The van der Waals surface area contributed by atoms with Crippen LogP contribution in [0.15, 0.2) is 4.52 Å². The minimum Gasteiger partial charge on any atom is -0.378 e. The van der Waals surface area contributed by atoms with E-state index in [1.54, 1.807) is 6.92 Å². The Balaban J connectivity index is 2.11. The number of anilines is 1. The molecule has 6 nitrogen and oxygen atoms in total. The number of morpholine rings is 1. The first-order chi connectivity index (χ1) is 8.22. The normalized spacial score (nSPS) is 18.1. The maximum Gasteiger partial charge on any atom is 0.266 e. The third-order valence-corrected chi connectivity index (χ3v) is 2.92. The number of carbonyl (C=O) groups excluding carboxylic acids is 1. The van der Waals surface area contributed by atoms with Crippen molar-refractivity contribution in [3.05, 3.63) is 5.89 Å². The molecule has 0 aromatic carbocycles. The van der Waals surface area contributed by atoms with Crippen LogP contribution in [0.2, 0.25) is 0 Å². The molecule has 0 N–H and O–H groups in total. The van der Waals surface area contributed by atoms with Crippen molar-refractivity contribution in [2.75, 3.05) is 31.2 Å². The van der Waals surface area contributed by atoms with Gasteiger partial charge in [-0.15, -0.1) is 0 Å². The number of aromatic nitrogens is 2. The van der Waals surface area contributed by atoms with E-state index >= 15 is 0 Å². The van der Waals surface area contributed by atoms with Crippen molar-refractivity contribution in [2.24, 2.45) is 0 Å². The molecule has 1 aromatic rings. The molecule has 1 saturated heterocycles. The number of hydrogen-bond acceptors (Lipinski definition) is 6. The minimum absolute atomic E-state index is 0.0599. The molecule has 94 valence electrons. The molecule has 1 aromatic heterocycles. The summed E-state index contributed by atoms with van der Waals surface area (Å²) in [5.74, 6) is 0.756. The number of Topliss-reactive ketones (excluding diaryl/α,β-unsaturated/α-hetero) is 1. The highest BCUT2D eigenvalue weighted by atomic mass is 16.5. The number of carbonyl (C=O) groups is 1. The second-order valence-electron chi connectivity index (χ2n) is 4.10. The van der Waals surface area contributed by atoms with Crippen molar-refractivity contribution >= 4 is 11.7 Å². The van der Waals surface area contributed by atoms with Gasteiger partial charge in [-0.3, -0.25) is 4.79 Å². The largest absolute Gasteiger partial charge is 0.378 e. The third kappa shape index (κ3) is 2.63. The van der Waals surface area contributed by atoms with E-state index in [0.29, 0.717) is 31.5 Å². The molecule has 2 heterocycles. The van der Waals surface area contributed by atoms with Gasteiger partial charge in [0.2, 0.25) is 5.89 Å². The van der Waals surface area contributed by atoms with Crippen LogP contribution in [-0.4, -0.2) is 42.2 Å². The molecule has 0 bridgehead atoms. The van der Waals surface area contributed by atoms with Crippen molar-refractivity contribution in [3.63, 3.8) is 0 Å². The molecular weight excluding hydrogens is 222 g/mol. The van der Waals surface area contributed by atoms with Crippen LogP contribution in [0.5, 0.6) is 0 Å². The maximum absolute atomic E-state index is 11.4. The molecule has 0 amide bonds.